The molecule has 0 radical (unpaired) electrons. The Balaban J connectivity index is 1.97. The average molecular weight is 326 g/mol. The van der Waals surface area contributed by atoms with E-state index in [0.717, 1.165) is 16.9 Å². The maximum atomic E-state index is 11.6. The molecule has 25 heavy (non-hydrogen) atoms. The number of anilines is 1. The highest BCUT2D eigenvalue weighted by Gasteiger charge is 2.13. The van der Waals surface area contributed by atoms with Crippen LogP contribution < -0.4 is 5.32 Å². The quantitative estimate of drug-likeness (QED) is 0.548. The van der Waals surface area contributed by atoms with Crippen LogP contribution in [0.1, 0.15) is 6.92 Å². The van der Waals surface area contributed by atoms with Crippen LogP contribution in [0.2, 0.25) is 0 Å². The standard InChI is InChI=1S/C22H18N2O/c1-16(25)23-20-12-6-8-14-22(20)24-15-19(17-9-3-2-4-10-17)18-11-5-7-13-21(18)24/h2-15H,1H3,(H,23,25). The molecule has 0 unspecified atom stereocenters. The Morgan fingerprint density at radius 3 is 2.32 bits per heavy atom. The van der Waals surface area contributed by atoms with Crippen LogP contribution in [0.4, 0.5) is 5.69 Å². The summed E-state index contributed by atoms with van der Waals surface area (Å²) >= 11 is 0. The van der Waals surface area contributed by atoms with E-state index in [4.69, 9.17) is 0 Å². The number of rotatable bonds is 3. The first kappa shape index (κ1) is 15.2. The zero-order chi connectivity index (χ0) is 17.2. The molecule has 1 amide bonds. The molecule has 3 aromatic carbocycles. The van der Waals surface area contributed by atoms with Gasteiger partial charge >= 0.3 is 0 Å². The predicted molar refractivity (Wildman–Crippen MR) is 103 cm³/mol. The minimum absolute atomic E-state index is 0.0767. The zero-order valence-corrected chi connectivity index (χ0v) is 13.9. The Hall–Kier alpha value is -3.33. The van der Waals surface area contributed by atoms with Crippen LogP contribution >= 0.6 is 0 Å². The van der Waals surface area contributed by atoms with Crippen molar-refractivity contribution in [2.45, 2.75) is 6.92 Å². The van der Waals surface area contributed by atoms with Crippen LogP contribution in [0.15, 0.2) is 85.1 Å². The van der Waals surface area contributed by atoms with Gasteiger partial charge < -0.3 is 9.88 Å². The van der Waals surface area contributed by atoms with Gasteiger partial charge in [-0.25, -0.2) is 0 Å². The van der Waals surface area contributed by atoms with Crippen molar-refractivity contribution in [1.82, 2.24) is 4.57 Å². The average Bonchev–Trinajstić information content (AvgIpc) is 3.02. The number of aromatic nitrogens is 1. The molecule has 0 saturated carbocycles. The first-order valence-electron chi connectivity index (χ1n) is 8.26. The Bertz CT molecular complexity index is 1050. The van der Waals surface area contributed by atoms with Crippen LogP contribution in [-0.2, 0) is 4.79 Å². The highest BCUT2D eigenvalue weighted by atomic mass is 16.1. The van der Waals surface area contributed by atoms with Crippen molar-refractivity contribution in [3.05, 3.63) is 85.1 Å². The van der Waals surface area contributed by atoms with Gasteiger partial charge in [0.05, 0.1) is 16.9 Å². The van der Waals surface area contributed by atoms with Gasteiger partial charge in [0.15, 0.2) is 0 Å². The molecule has 3 heteroatoms. The number of fused-ring (bicyclic) bond motifs is 1. The third-order valence-electron chi connectivity index (χ3n) is 4.27. The lowest BCUT2D eigenvalue weighted by molar-refractivity contribution is -0.114. The van der Waals surface area contributed by atoms with Gasteiger partial charge in [-0.05, 0) is 23.8 Å². The lowest BCUT2D eigenvalue weighted by Gasteiger charge is -2.12. The summed E-state index contributed by atoms with van der Waals surface area (Å²) in [7, 11) is 0. The van der Waals surface area contributed by atoms with E-state index in [0.29, 0.717) is 0 Å². The van der Waals surface area contributed by atoms with Gasteiger partial charge in [-0.2, -0.15) is 0 Å². The summed E-state index contributed by atoms with van der Waals surface area (Å²) in [5.74, 6) is -0.0767. The maximum absolute atomic E-state index is 11.6. The van der Waals surface area contributed by atoms with Gasteiger partial charge in [0.25, 0.3) is 0 Å². The summed E-state index contributed by atoms with van der Waals surface area (Å²) in [5.41, 5.74) is 5.22. The minimum Gasteiger partial charge on any atom is -0.325 e. The third-order valence-corrected chi connectivity index (χ3v) is 4.27. The molecular formula is C22H18N2O. The van der Waals surface area contributed by atoms with Crippen molar-refractivity contribution in [3.63, 3.8) is 0 Å². The first-order valence-corrected chi connectivity index (χ1v) is 8.26. The molecule has 1 heterocycles. The summed E-state index contributed by atoms with van der Waals surface area (Å²) in [5, 5.41) is 4.11. The highest BCUT2D eigenvalue weighted by Crippen LogP contribution is 2.34. The van der Waals surface area contributed by atoms with Gasteiger partial charge in [-0.3, -0.25) is 4.79 Å². The van der Waals surface area contributed by atoms with Crippen LogP contribution in [-0.4, -0.2) is 10.5 Å². The number of nitrogens with one attached hydrogen (secondary N) is 1. The summed E-state index contributed by atoms with van der Waals surface area (Å²) in [6.45, 7) is 1.53. The monoisotopic (exact) mass is 326 g/mol. The number of hydrogen-bond donors (Lipinski definition) is 1. The molecule has 1 aromatic heterocycles. The fourth-order valence-corrected chi connectivity index (χ4v) is 3.21. The van der Waals surface area contributed by atoms with Gasteiger partial charge in [0.1, 0.15) is 0 Å². The fraction of sp³-hybridized carbons (Fsp3) is 0.0455. The van der Waals surface area contributed by atoms with Crippen molar-refractivity contribution in [2.24, 2.45) is 0 Å². The van der Waals surface area contributed by atoms with Crippen molar-refractivity contribution < 1.29 is 4.79 Å². The van der Waals surface area contributed by atoms with E-state index in [1.807, 2.05) is 48.5 Å². The second-order valence-corrected chi connectivity index (χ2v) is 5.99. The van der Waals surface area contributed by atoms with Crippen molar-refractivity contribution in [2.75, 3.05) is 5.32 Å². The smallest absolute Gasteiger partial charge is 0.221 e. The number of hydrogen-bond acceptors (Lipinski definition) is 1. The topological polar surface area (TPSA) is 34.0 Å². The summed E-state index contributed by atoms with van der Waals surface area (Å²) in [6, 6.07) is 26.5. The number of nitrogens with zero attached hydrogens (tertiary/aromatic N) is 1. The molecule has 0 aliphatic heterocycles. The largest absolute Gasteiger partial charge is 0.325 e. The van der Waals surface area contributed by atoms with E-state index in [-0.39, 0.29) is 5.91 Å². The molecule has 3 nitrogen and oxygen atoms in total. The first-order chi connectivity index (χ1) is 12.2. The number of benzene rings is 3. The molecule has 0 fully saturated rings. The van der Waals surface area contributed by atoms with Crippen molar-refractivity contribution >= 4 is 22.5 Å². The Labute approximate surface area is 146 Å². The van der Waals surface area contributed by atoms with E-state index in [2.05, 4.69) is 46.4 Å². The second-order valence-electron chi connectivity index (χ2n) is 5.99. The second kappa shape index (κ2) is 6.29. The number of amides is 1. The molecule has 0 saturated heterocycles. The van der Waals surface area contributed by atoms with Crippen molar-refractivity contribution in [1.29, 1.82) is 0 Å². The van der Waals surface area contributed by atoms with E-state index in [9.17, 15) is 4.79 Å². The molecule has 0 aliphatic carbocycles. The summed E-state index contributed by atoms with van der Waals surface area (Å²) < 4.78 is 2.14. The molecule has 4 rings (SSSR count). The van der Waals surface area contributed by atoms with E-state index in [1.54, 1.807) is 0 Å². The Morgan fingerprint density at radius 2 is 1.52 bits per heavy atom. The minimum atomic E-state index is -0.0767. The van der Waals surface area contributed by atoms with Crippen LogP contribution in [0.5, 0.6) is 0 Å². The lowest BCUT2D eigenvalue weighted by atomic mass is 10.1. The molecule has 1 N–H and O–H groups in total. The van der Waals surface area contributed by atoms with Gasteiger partial charge in [0, 0.05) is 24.1 Å². The SMILES string of the molecule is CC(=O)Nc1ccccc1-n1cc(-c2ccccc2)c2ccccc21. The number of carbonyl (C=O) groups is 1. The van der Waals surface area contributed by atoms with E-state index >= 15 is 0 Å². The molecule has 0 atom stereocenters. The van der Waals surface area contributed by atoms with Crippen LogP contribution in [0.3, 0.4) is 0 Å². The van der Waals surface area contributed by atoms with Gasteiger partial charge in [-0.1, -0.05) is 60.7 Å². The molecular weight excluding hydrogens is 308 g/mol. The number of carbonyl (C=O) groups excluding carboxylic acids is 1. The number of para-hydroxylation sites is 3. The maximum Gasteiger partial charge on any atom is 0.221 e. The predicted octanol–water partition coefficient (Wildman–Crippen LogP) is 5.26. The van der Waals surface area contributed by atoms with E-state index in [1.165, 1.54) is 23.4 Å². The fourth-order valence-electron chi connectivity index (χ4n) is 3.21. The summed E-state index contributed by atoms with van der Waals surface area (Å²) in [6.07, 6.45) is 2.14. The molecule has 122 valence electrons. The molecule has 0 bridgehead atoms. The van der Waals surface area contributed by atoms with Crippen LogP contribution in [0.25, 0.3) is 27.7 Å². The molecule has 0 aliphatic rings. The molecule has 4 aromatic rings. The molecule has 0 spiro atoms. The normalized spacial score (nSPS) is 10.8. The highest BCUT2D eigenvalue weighted by molar-refractivity contribution is 5.98. The summed E-state index contributed by atoms with van der Waals surface area (Å²) in [4.78, 5) is 11.6. The Kier molecular flexibility index (Phi) is 3.82. The lowest BCUT2D eigenvalue weighted by Crippen LogP contribution is -2.08. The third kappa shape index (κ3) is 2.81. The van der Waals surface area contributed by atoms with Crippen LogP contribution in [0, 0.1) is 0 Å². The Morgan fingerprint density at radius 1 is 0.840 bits per heavy atom. The van der Waals surface area contributed by atoms with Gasteiger partial charge in [-0.15, -0.1) is 0 Å². The zero-order valence-electron chi connectivity index (χ0n) is 13.9. The van der Waals surface area contributed by atoms with Gasteiger partial charge in [0.2, 0.25) is 5.91 Å². The van der Waals surface area contributed by atoms with Crippen molar-refractivity contribution in [3.8, 4) is 16.8 Å². The van der Waals surface area contributed by atoms with E-state index < -0.39 is 0 Å².